The summed E-state index contributed by atoms with van der Waals surface area (Å²) in [6, 6.07) is 6.08. The first-order valence-electron chi connectivity index (χ1n) is 7.89. The van der Waals surface area contributed by atoms with Crippen molar-refractivity contribution in [2.24, 2.45) is 0 Å². The molecule has 2 aromatic rings. The number of benzene rings is 1. The average molecular weight is 382 g/mol. The zero-order valence-electron chi connectivity index (χ0n) is 15.5. The van der Waals surface area contributed by atoms with E-state index in [4.69, 9.17) is 16.3 Å². The van der Waals surface area contributed by atoms with Crippen LogP contribution in [0.3, 0.4) is 0 Å². The van der Waals surface area contributed by atoms with E-state index >= 15 is 0 Å². The topological polar surface area (TPSA) is 47.4 Å². The number of hydrogen-bond donors (Lipinski definition) is 0. The van der Waals surface area contributed by atoms with E-state index in [0.29, 0.717) is 12.2 Å². The zero-order valence-corrected chi connectivity index (χ0v) is 17.0. The molecule has 0 aliphatic heterocycles. The molecule has 0 aliphatic rings. The van der Waals surface area contributed by atoms with E-state index in [-0.39, 0.29) is 10.6 Å². The summed E-state index contributed by atoms with van der Waals surface area (Å²) in [6.45, 7) is 6.34. The molecule has 136 valence electrons. The second-order valence-corrected chi connectivity index (χ2v) is 8.00. The van der Waals surface area contributed by atoms with Gasteiger partial charge < -0.3 is 9.64 Å². The predicted octanol–water partition coefficient (Wildman–Crippen LogP) is 4.02. The molecule has 0 radical (unpaired) electrons. The van der Waals surface area contributed by atoms with Crippen LogP contribution in [0, 0.1) is 0 Å². The van der Waals surface area contributed by atoms with Gasteiger partial charge in [0.05, 0.1) is 24.5 Å². The molecule has 1 aromatic heterocycles. The van der Waals surface area contributed by atoms with E-state index in [1.54, 1.807) is 25.1 Å². The van der Waals surface area contributed by atoms with Gasteiger partial charge >= 0.3 is 0 Å². The second-order valence-electron chi connectivity index (χ2n) is 6.78. The number of aromatic nitrogens is 2. The van der Waals surface area contributed by atoms with Crippen molar-refractivity contribution in [1.82, 2.24) is 9.78 Å². The number of ether oxygens (including phenoxy) is 1. The van der Waals surface area contributed by atoms with Crippen LogP contribution in [-0.2, 0) is 12.1 Å². The third-order valence-corrected chi connectivity index (χ3v) is 4.95. The number of nitrogens with zero attached hydrogens (tertiary/aromatic N) is 3. The Morgan fingerprint density at radius 3 is 2.60 bits per heavy atom. The Kier molecular flexibility index (Phi) is 6.06. The first-order chi connectivity index (χ1) is 11.7. The van der Waals surface area contributed by atoms with Crippen molar-refractivity contribution in [3.63, 3.8) is 0 Å². The lowest BCUT2D eigenvalue weighted by Gasteiger charge is -2.24. The van der Waals surface area contributed by atoms with Crippen LogP contribution >= 0.6 is 23.4 Å². The molecule has 1 aromatic carbocycles. The Bertz CT molecular complexity index is 815. The largest absolute Gasteiger partial charge is 0.496 e. The van der Waals surface area contributed by atoms with Crippen LogP contribution in [-0.4, -0.2) is 30.2 Å². The molecular formula is C18H24ClN3O2S. The van der Waals surface area contributed by atoms with Gasteiger partial charge in [0.15, 0.2) is 0 Å². The van der Waals surface area contributed by atoms with Crippen LogP contribution < -0.4 is 15.2 Å². The van der Waals surface area contributed by atoms with Crippen molar-refractivity contribution in [3.05, 3.63) is 45.3 Å². The normalized spacial score (nSPS) is 11.5. The summed E-state index contributed by atoms with van der Waals surface area (Å²) in [5, 5.41) is 4.46. The van der Waals surface area contributed by atoms with Gasteiger partial charge in [-0.25, -0.2) is 4.68 Å². The second kappa shape index (κ2) is 7.70. The van der Waals surface area contributed by atoms with Crippen LogP contribution in [0.15, 0.2) is 34.1 Å². The summed E-state index contributed by atoms with van der Waals surface area (Å²) >= 11 is 7.97. The van der Waals surface area contributed by atoms with Gasteiger partial charge in [-0.2, -0.15) is 5.10 Å². The van der Waals surface area contributed by atoms with Gasteiger partial charge in [-0.1, -0.05) is 17.7 Å². The van der Waals surface area contributed by atoms with Crippen molar-refractivity contribution >= 4 is 29.1 Å². The Morgan fingerprint density at radius 2 is 2.04 bits per heavy atom. The SMILES string of the molecule is COc1cc(CN(C)c2cnn(C(C)(C)C)c(=O)c2Cl)ccc1SC. The van der Waals surface area contributed by atoms with Crippen molar-refractivity contribution in [1.29, 1.82) is 0 Å². The van der Waals surface area contributed by atoms with E-state index in [9.17, 15) is 4.79 Å². The third-order valence-electron chi connectivity index (χ3n) is 3.81. The van der Waals surface area contributed by atoms with Crippen LogP contribution in [0.25, 0.3) is 0 Å². The van der Waals surface area contributed by atoms with Gasteiger partial charge in [0.1, 0.15) is 10.8 Å². The number of hydrogen-bond acceptors (Lipinski definition) is 5. The fourth-order valence-corrected chi connectivity index (χ4v) is 3.33. The van der Waals surface area contributed by atoms with Gasteiger partial charge in [0, 0.05) is 18.5 Å². The number of thioether (sulfide) groups is 1. The molecule has 25 heavy (non-hydrogen) atoms. The molecule has 0 amide bonds. The maximum absolute atomic E-state index is 12.5. The minimum Gasteiger partial charge on any atom is -0.496 e. The fraction of sp³-hybridized carbons (Fsp3) is 0.444. The molecule has 0 saturated heterocycles. The van der Waals surface area contributed by atoms with Gasteiger partial charge in [-0.15, -0.1) is 11.8 Å². The highest BCUT2D eigenvalue weighted by atomic mass is 35.5. The summed E-state index contributed by atoms with van der Waals surface area (Å²) in [7, 11) is 3.55. The molecular weight excluding hydrogens is 358 g/mol. The highest BCUT2D eigenvalue weighted by Gasteiger charge is 2.20. The number of anilines is 1. The van der Waals surface area contributed by atoms with Gasteiger partial charge in [0.2, 0.25) is 0 Å². The summed E-state index contributed by atoms with van der Waals surface area (Å²) in [6.07, 6.45) is 3.65. The average Bonchev–Trinajstić information content (AvgIpc) is 2.55. The molecule has 0 fully saturated rings. The van der Waals surface area contributed by atoms with E-state index in [2.05, 4.69) is 5.10 Å². The maximum Gasteiger partial charge on any atom is 0.288 e. The molecule has 0 saturated carbocycles. The van der Waals surface area contributed by atoms with Gasteiger partial charge in [-0.05, 0) is 44.7 Å². The van der Waals surface area contributed by atoms with Crippen LogP contribution in [0.1, 0.15) is 26.3 Å². The van der Waals surface area contributed by atoms with E-state index in [1.165, 1.54) is 4.68 Å². The Balaban J connectivity index is 2.32. The van der Waals surface area contributed by atoms with Crippen molar-refractivity contribution in [3.8, 4) is 5.75 Å². The standard InChI is InChI=1S/C18H24ClN3O2S/c1-18(2,3)22-17(23)16(19)13(10-20-22)21(4)11-12-7-8-15(25-6)14(9-12)24-5/h7-10H,11H2,1-6H3. The quantitative estimate of drug-likeness (QED) is 0.732. The molecule has 0 N–H and O–H groups in total. The number of halogens is 1. The van der Waals surface area contributed by atoms with Crippen molar-refractivity contribution in [2.45, 2.75) is 37.8 Å². The Morgan fingerprint density at radius 1 is 1.36 bits per heavy atom. The molecule has 1 heterocycles. The zero-order chi connectivity index (χ0) is 18.8. The smallest absolute Gasteiger partial charge is 0.288 e. The Hall–Kier alpha value is -1.66. The van der Waals surface area contributed by atoms with Crippen LogP contribution in [0.4, 0.5) is 5.69 Å². The molecule has 0 aliphatic carbocycles. The lowest BCUT2D eigenvalue weighted by molar-refractivity contribution is 0.338. The first kappa shape index (κ1) is 19.7. The molecule has 0 spiro atoms. The molecule has 2 rings (SSSR count). The van der Waals surface area contributed by atoms with E-state index in [1.807, 2.05) is 57.2 Å². The van der Waals surface area contributed by atoms with E-state index < -0.39 is 5.54 Å². The monoisotopic (exact) mass is 381 g/mol. The number of rotatable bonds is 5. The first-order valence-corrected chi connectivity index (χ1v) is 9.49. The summed E-state index contributed by atoms with van der Waals surface area (Å²) in [5.41, 5.74) is 0.973. The third kappa shape index (κ3) is 4.30. The molecule has 5 nitrogen and oxygen atoms in total. The van der Waals surface area contributed by atoms with Gasteiger partial charge in [-0.3, -0.25) is 4.79 Å². The molecule has 0 unspecified atom stereocenters. The predicted molar refractivity (Wildman–Crippen MR) is 105 cm³/mol. The van der Waals surface area contributed by atoms with Crippen LogP contribution in [0.5, 0.6) is 5.75 Å². The number of methoxy groups -OCH3 is 1. The lowest BCUT2D eigenvalue weighted by Crippen LogP contribution is -2.37. The lowest BCUT2D eigenvalue weighted by atomic mass is 10.1. The maximum atomic E-state index is 12.5. The van der Waals surface area contributed by atoms with Gasteiger partial charge in [0.25, 0.3) is 5.56 Å². The Labute approximate surface area is 157 Å². The van der Waals surface area contributed by atoms with Crippen molar-refractivity contribution < 1.29 is 4.74 Å². The van der Waals surface area contributed by atoms with Crippen LogP contribution in [0.2, 0.25) is 5.02 Å². The fourth-order valence-electron chi connectivity index (χ4n) is 2.51. The summed E-state index contributed by atoms with van der Waals surface area (Å²) in [5.74, 6) is 0.839. The highest BCUT2D eigenvalue weighted by molar-refractivity contribution is 7.98. The molecule has 0 bridgehead atoms. The molecule has 0 atom stereocenters. The highest BCUT2D eigenvalue weighted by Crippen LogP contribution is 2.30. The summed E-state index contributed by atoms with van der Waals surface area (Å²) in [4.78, 5) is 15.5. The summed E-state index contributed by atoms with van der Waals surface area (Å²) < 4.78 is 6.83. The van der Waals surface area contributed by atoms with E-state index in [0.717, 1.165) is 16.2 Å². The minimum absolute atomic E-state index is 0.181. The minimum atomic E-state index is -0.418. The molecule has 7 heteroatoms. The van der Waals surface area contributed by atoms with Crippen molar-refractivity contribution in [2.75, 3.05) is 25.3 Å².